The Labute approximate surface area is 246 Å². The quantitative estimate of drug-likeness (QED) is 0.362. The van der Waals surface area contributed by atoms with Crippen molar-refractivity contribution in [3.8, 4) is 0 Å². The first-order valence-electron chi connectivity index (χ1n) is 14.9. The van der Waals surface area contributed by atoms with Gasteiger partial charge in [0, 0.05) is 19.6 Å². The van der Waals surface area contributed by atoms with Crippen LogP contribution < -0.4 is 0 Å². The van der Waals surface area contributed by atoms with Crippen LogP contribution in [0.5, 0.6) is 0 Å². The van der Waals surface area contributed by atoms with E-state index in [4.69, 9.17) is 4.74 Å². The number of carbonyl (C=O) groups is 3. The van der Waals surface area contributed by atoms with Crippen molar-refractivity contribution in [1.82, 2.24) is 29.7 Å². The van der Waals surface area contributed by atoms with Gasteiger partial charge in [0.25, 0.3) is 0 Å². The molecule has 2 bridgehead atoms. The molecule has 4 heterocycles. The Morgan fingerprint density at radius 1 is 1.17 bits per heavy atom. The normalized spacial score (nSPS) is 28.6. The molecule has 3 fully saturated rings. The molecule has 6 atom stereocenters. The molecule has 3 aliphatic rings. The van der Waals surface area contributed by atoms with Crippen molar-refractivity contribution in [3.63, 3.8) is 0 Å². The standard InChI is InChI=1S/C31H42N6O5/c1-6-16-34(17-7-2)27(39)24-25-28(40)37(21(9-4)19-38)26(31(25)15-14-30(24,5)42-31)29(41)35(18-8-3)20-36-23-13-11-10-12-22(23)32-33-36/h6,8,10-13,21,24-26,38H,1,3,7,9,14-20H2,2,4-5H3/t21-,24-,25-,26?,30+,31?/m0/s1. The van der Waals surface area contributed by atoms with Crippen molar-refractivity contribution in [2.24, 2.45) is 11.8 Å². The van der Waals surface area contributed by atoms with E-state index in [0.717, 1.165) is 11.9 Å². The molecule has 1 spiro atoms. The van der Waals surface area contributed by atoms with Crippen molar-refractivity contribution < 1.29 is 24.2 Å². The Hall–Kier alpha value is -3.57. The van der Waals surface area contributed by atoms with E-state index in [-0.39, 0.29) is 37.5 Å². The molecular formula is C31H42N6O5. The SMILES string of the molecule is C=CCN(Cn1nnc2ccccc21)C(=O)C1N([C@@H](CC)CO)C(=O)[C@@H]2[C@@H](C(=O)N(CC=C)CCC)[C@@]3(C)CCC12O3. The predicted octanol–water partition coefficient (Wildman–Crippen LogP) is 2.36. The molecule has 11 heteroatoms. The number of aliphatic hydroxyl groups is 1. The zero-order chi connectivity index (χ0) is 30.2. The summed E-state index contributed by atoms with van der Waals surface area (Å²) in [4.78, 5) is 48.1. The Bertz CT molecular complexity index is 1370. The van der Waals surface area contributed by atoms with E-state index in [1.54, 1.807) is 26.6 Å². The molecule has 2 aromatic rings. The molecule has 1 aromatic carbocycles. The molecule has 42 heavy (non-hydrogen) atoms. The van der Waals surface area contributed by atoms with Crippen molar-refractivity contribution in [1.29, 1.82) is 0 Å². The first-order chi connectivity index (χ1) is 20.2. The van der Waals surface area contributed by atoms with E-state index in [1.807, 2.05) is 45.0 Å². The van der Waals surface area contributed by atoms with Crippen LogP contribution in [0, 0.1) is 11.8 Å². The van der Waals surface area contributed by atoms with Crippen LogP contribution in [0.1, 0.15) is 46.5 Å². The molecule has 5 rings (SSSR count). The Morgan fingerprint density at radius 3 is 2.55 bits per heavy atom. The topological polar surface area (TPSA) is 121 Å². The number of carbonyl (C=O) groups excluding carboxylic acids is 3. The molecule has 0 radical (unpaired) electrons. The fourth-order valence-electron chi connectivity index (χ4n) is 7.47. The minimum atomic E-state index is -1.19. The smallest absolute Gasteiger partial charge is 0.250 e. The highest BCUT2D eigenvalue weighted by atomic mass is 16.5. The van der Waals surface area contributed by atoms with E-state index in [2.05, 4.69) is 23.5 Å². The monoisotopic (exact) mass is 578 g/mol. The molecule has 3 amide bonds. The molecule has 11 nitrogen and oxygen atoms in total. The van der Waals surface area contributed by atoms with Crippen molar-refractivity contribution in [3.05, 3.63) is 49.6 Å². The van der Waals surface area contributed by atoms with Gasteiger partial charge in [-0.25, -0.2) is 4.68 Å². The summed E-state index contributed by atoms with van der Waals surface area (Å²) in [6.07, 6.45) is 5.53. The number of hydrogen-bond donors (Lipinski definition) is 1. The lowest BCUT2D eigenvalue weighted by atomic mass is 9.66. The molecule has 1 N–H and O–H groups in total. The number of hydrogen-bond acceptors (Lipinski definition) is 7. The van der Waals surface area contributed by atoms with Crippen molar-refractivity contribution >= 4 is 28.8 Å². The first kappa shape index (κ1) is 29.9. The van der Waals surface area contributed by atoms with E-state index in [0.29, 0.717) is 37.9 Å². The van der Waals surface area contributed by atoms with E-state index < -0.39 is 35.1 Å². The minimum absolute atomic E-state index is 0.0871. The van der Waals surface area contributed by atoms with Gasteiger partial charge in [0.2, 0.25) is 17.7 Å². The number of nitrogens with zero attached hydrogens (tertiary/aromatic N) is 6. The second kappa shape index (κ2) is 11.6. The van der Waals surface area contributed by atoms with Crippen LogP contribution in [0.15, 0.2) is 49.6 Å². The molecule has 0 saturated carbocycles. The van der Waals surface area contributed by atoms with Gasteiger partial charge in [-0.3, -0.25) is 14.4 Å². The number of aromatic nitrogens is 3. The number of benzene rings is 1. The van der Waals surface area contributed by atoms with Crippen LogP contribution in [0.25, 0.3) is 11.0 Å². The third-order valence-corrected chi connectivity index (χ3v) is 9.33. The number of likely N-dealkylation sites (tertiary alicyclic amines) is 1. The summed E-state index contributed by atoms with van der Waals surface area (Å²) in [5.41, 5.74) is -0.608. The molecular weight excluding hydrogens is 536 g/mol. The third kappa shape index (κ3) is 4.53. The number of ether oxygens (including phenoxy) is 1. The lowest BCUT2D eigenvalue weighted by molar-refractivity contribution is -0.157. The first-order valence-corrected chi connectivity index (χ1v) is 14.9. The molecule has 2 unspecified atom stereocenters. The Kier molecular flexibility index (Phi) is 8.26. The van der Waals surface area contributed by atoms with Gasteiger partial charge in [-0.15, -0.1) is 18.3 Å². The molecule has 226 valence electrons. The zero-order valence-electron chi connectivity index (χ0n) is 24.8. The van der Waals surface area contributed by atoms with Crippen LogP contribution in [0.4, 0.5) is 0 Å². The molecule has 1 aromatic heterocycles. The van der Waals surface area contributed by atoms with Crippen molar-refractivity contribution in [2.45, 2.75) is 76.4 Å². The summed E-state index contributed by atoms with van der Waals surface area (Å²) in [5, 5.41) is 18.9. The van der Waals surface area contributed by atoms with E-state index in [9.17, 15) is 19.5 Å². The maximum Gasteiger partial charge on any atom is 0.250 e. The average Bonchev–Trinajstić information content (AvgIpc) is 3.69. The largest absolute Gasteiger partial charge is 0.394 e. The molecule has 0 aliphatic carbocycles. The van der Waals surface area contributed by atoms with Crippen LogP contribution in [-0.2, 0) is 25.8 Å². The van der Waals surface area contributed by atoms with E-state index in [1.165, 1.54) is 4.90 Å². The van der Waals surface area contributed by atoms with Gasteiger partial charge >= 0.3 is 0 Å². The maximum absolute atomic E-state index is 14.7. The summed E-state index contributed by atoms with van der Waals surface area (Å²) < 4.78 is 8.44. The number of fused-ring (bicyclic) bond motifs is 2. The van der Waals surface area contributed by atoms with Gasteiger partial charge in [0.15, 0.2) is 0 Å². The highest BCUT2D eigenvalue weighted by molar-refractivity contribution is 5.99. The number of amides is 3. The minimum Gasteiger partial charge on any atom is -0.394 e. The lowest BCUT2D eigenvalue weighted by Crippen LogP contribution is -2.59. The summed E-state index contributed by atoms with van der Waals surface area (Å²) >= 11 is 0. The van der Waals surface area contributed by atoms with Gasteiger partial charge in [0.05, 0.1) is 35.6 Å². The summed E-state index contributed by atoms with van der Waals surface area (Å²) in [7, 11) is 0. The van der Waals surface area contributed by atoms with Gasteiger partial charge in [0.1, 0.15) is 23.8 Å². The number of aliphatic hydroxyl groups excluding tert-OH is 1. The van der Waals surface area contributed by atoms with Gasteiger partial charge < -0.3 is 24.5 Å². The third-order valence-electron chi connectivity index (χ3n) is 9.33. The van der Waals surface area contributed by atoms with Crippen LogP contribution >= 0.6 is 0 Å². The van der Waals surface area contributed by atoms with Gasteiger partial charge in [-0.05, 0) is 44.7 Å². The van der Waals surface area contributed by atoms with Crippen LogP contribution in [0.2, 0.25) is 0 Å². The van der Waals surface area contributed by atoms with E-state index >= 15 is 0 Å². The summed E-state index contributed by atoms with van der Waals surface area (Å²) in [6.45, 7) is 14.3. The summed E-state index contributed by atoms with van der Waals surface area (Å²) in [6, 6.07) is 5.87. The maximum atomic E-state index is 14.7. The fraction of sp³-hybridized carbons (Fsp3) is 0.581. The predicted molar refractivity (Wildman–Crippen MR) is 157 cm³/mol. The van der Waals surface area contributed by atoms with Crippen molar-refractivity contribution in [2.75, 3.05) is 26.2 Å². The van der Waals surface area contributed by atoms with Crippen LogP contribution in [-0.4, -0.2) is 102 Å². The Balaban J connectivity index is 1.57. The second-order valence-electron chi connectivity index (χ2n) is 11.9. The average molecular weight is 579 g/mol. The zero-order valence-corrected chi connectivity index (χ0v) is 24.8. The second-order valence-corrected chi connectivity index (χ2v) is 11.9. The highest BCUT2D eigenvalue weighted by Crippen LogP contribution is 2.64. The van der Waals surface area contributed by atoms with Crippen LogP contribution in [0.3, 0.4) is 0 Å². The molecule has 3 aliphatic heterocycles. The lowest BCUT2D eigenvalue weighted by Gasteiger charge is -2.39. The number of para-hydroxylation sites is 1. The number of rotatable bonds is 13. The van der Waals surface area contributed by atoms with Gasteiger partial charge in [-0.2, -0.15) is 0 Å². The fourth-order valence-corrected chi connectivity index (χ4v) is 7.47. The highest BCUT2D eigenvalue weighted by Gasteiger charge is 2.78. The Morgan fingerprint density at radius 2 is 1.88 bits per heavy atom. The van der Waals surface area contributed by atoms with Gasteiger partial charge in [-0.1, -0.05) is 43.3 Å². The molecule has 3 saturated heterocycles. The summed E-state index contributed by atoms with van der Waals surface area (Å²) in [5.74, 6) is -2.36.